The summed E-state index contributed by atoms with van der Waals surface area (Å²) >= 11 is 0. The van der Waals surface area contributed by atoms with E-state index in [9.17, 15) is 13.6 Å². The average molecular weight is 311 g/mol. The molecule has 0 heterocycles. The van der Waals surface area contributed by atoms with Crippen LogP contribution in [0.2, 0.25) is 0 Å². The SMILES string of the molecule is CCN(C(=O)CCc1ccc(OC(F)F)cc1)C1CCCC1. The van der Waals surface area contributed by atoms with Gasteiger partial charge in [-0.25, -0.2) is 0 Å². The molecule has 0 bridgehead atoms. The van der Waals surface area contributed by atoms with E-state index < -0.39 is 6.61 Å². The van der Waals surface area contributed by atoms with Crippen LogP contribution in [0.3, 0.4) is 0 Å². The number of amides is 1. The number of nitrogens with zero attached hydrogens (tertiary/aromatic N) is 1. The first kappa shape index (κ1) is 16.7. The predicted molar refractivity (Wildman–Crippen MR) is 81.0 cm³/mol. The molecule has 1 aliphatic carbocycles. The molecule has 5 heteroatoms. The topological polar surface area (TPSA) is 29.5 Å². The van der Waals surface area contributed by atoms with Crippen molar-refractivity contribution in [2.24, 2.45) is 0 Å². The zero-order valence-electron chi connectivity index (χ0n) is 12.9. The van der Waals surface area contributed by atoms with Gasteiger partial charge in [0.1, 0.15) is 5.75 Å². The molecule has 1 amide bonds. The smallest absolute Gasteiger partial charge is 0.387 e. The van der Waals surface area contributed by atoms with E-state index in [2.05, 4.69) is 4.74 Å². The normalized spacial score (nSPS) is 15.3. The van der Waals surface area contributed by atoms with Crippen molar-refractivity contribution in [1.82, 2.24) is 4.90 Å². The standard InChI is InChI=1S/C17H23F2NO2/c1-2-20(14-5-3-4-6-14)16(21)12-9-13-7-10-15(11-8-13)22-17(18)19/h7-8,10-11,14,17H,2-6,9,12H2,1H3. The summed E-state index contributed by atoms with van der Waals surface area (Å²) in [6, 6.07) is 6.90. The van der Waals surface area contributed by atoms with Crippen molar-refractivity contribution >= 4 is 5.91 Å². The number of ether oxygens (including phenoxy) is 1. The molecule has 0 unspecified atom stereocenters. The van der Waals surface area contributed by atoms with Crippen LogP contribution in [0.5, 0.6) is 5.75 Å². The molecule has 0 aliphatic heterocycles. The van der Waals surface area contributed by atoms with E-state index in [-0.39, 0.29) is 11.7 Å². The number of rotatable bonds is 7. The van der Waals surface area contributed by atoms with E-state index in [0.717, 1.165) is 24.9 Å². The van der Waals surface area contributed by atoms with Gasteiger partial charge < -0.3 is 9.64 Å². The van der Waals surface area contributed by atoms with E-state index in [4.69, 9.17) is 0 Å². The third-order valence-corrected chi connectivity index (χ3v) is 4.20. The first-order chi connectivity index (χ1) is 10.6. The van der Waals surface area contributed by atoms with Crippen LogP contribution in [0.1, 0.15) is 44.6 Å². The number of carbonyl (C=O) groups excluding carboxylic acids is 1. The summed E-state index contributed by atoms with van der Waals surface area (Å²) in [4.78, 5) is 14.3. The zero-order valence-corrected chi connectivity index (χ0v) is 12.9. The third kappa shape index (κ3) is 4.68. The molecule has 0 spiro atoms. The maximum Gasteiger partial charge on any atom is 0.387 e. The molecule has 122 valence electrons. The highest BCUT2D eigenvalue weighted by Gasteiger charge is 2.24. The summed E-state index contributed by atoms with van der Waals surface area (Å²) in [5, 5.41) is 0. The van der Waals surface area contributed by atoms with Crippen LogP contribution < -0.4 is 4.74 Å². The van der Waals surface area contributed by atoms with Gasteiger partial charge in [-0.15, -0.1) is 0 Å². The lowest BCUT2D eigenvalue weighted by molar-refractivity contribution is -0.133. The van der Waals surface area contributed by atoms with Crippen LogP contribution >= 0.6 is 0 Å². The second-order valence-corrected chi connectivity index (χ2v) is 5.64. The molecular formula is C17H23F2NO2. The van der Waals surface area contributed by atoms with Crippen molar-refractivity contribution in [3.8, 4) is 5.75 Å². The van der Waals surface area contributed by atoms with Gasteiger partial charge in [0.25, 0.3) is 0 Å². The number of hydrogen-bond acceptors (Lipinski definition) is 2. The Morgan fingerprint density at radius 3 is 2.45 bits per heavy atom. The summed E-state index contributed by atoms with van der Waals surface area (Å²) in [5.74, 6) is 0.327. The Kier molecular flexibility index (Phi) is 6.16. The van der Waals surface area contributed by atoms with Gasteiger partial charge in [-0.1, -0.05) is 25.0 Å². The lowest BCUT2D eigenvalue weighted by atomic mass is 10.1. The summed E-state index contributed by atoms with van der Waals surface area (Å²) in [5.41, 5.74) is 0.956. The van der Waals surface area contributed by atoms with Gasteiger partial charge in [0.15, 0.2) is 0 Å². The van der Waals surface area contributed by atoms with Crippen LogP contribution in [0, 0.1) is 0 Å². The Labute approximate surface area is 130 Å². The molecule has 1 aromatic rings. The molecule has 1 saturated carbocycles. The van der Waals surface area contributed by atoms with Crippen LogP contribution in [0.25, 0.3) is 0 Å². The minimum Gasteiger partial charge on any atom is -0.435 e. The molecule has 0 N–H and O–H groups in total. The first-order valence-electron chi connectivity index (χ1n) is 7.93. The monoisotopic (exact) mass is 311 g/mol. The Morgan fingerprint density at radius 2 is 1.91 bits per heavy atom. The highest BCUT2D eigenvalue weighted by atomic mass is 19.3. The van der Waals surface area contributed by atoms with Crippen molar-refractivity contribution in [1.29, 1.82) is 0 Å². The minimum atomic E-state index is -2.81. The Hall–Kier alpha value is -1.65. The number of benzene rings is 1. The minimum absolute atomic E-state index is 0.145. The second-order valence-electron chi connectivity index (χ2n) is 5.64. The number of hydrogen-bond donors (Lipinski definition) is 0. The maximum atomic E-state index is 12.3. The maximum absolute atomic E-state index is 12.3. The Balaban J connectivity index is 1.84. The quantitative estimate of drug-likeness (QED) is 0.761. The Bertz CT molecular complexity index is 470. The van der Waals surface area contributed by atoms with E-state index in [1.165, 1.54) is 25.0 Å². The van der Waals surface area contributed by atoms with Crippen molar-refractivity contribution in [3.63, 3.8) is 0 Å². The molecule has 0 aromatic heterocycles. The zero-order chi connectivity index (χ0) is 15.9. The second kappa shape index (κ2) is 8.11. The van der Waals surface area contributed by atoms with Crippen molar-refractivity contribution in [2.75, 3.05) is 6.54 Å². The molecule has 0 radical (unpaired) electrons. The highest BCUT2D eigenvalue weighted by Crippen LogP contribution is 2.24. The Morgan fingerprint density at radius 1 is 1.27 bits per heavy atom. The fraction of sp³-hybridized carbons (Fsp3) is 0.588. The van der Waals surface area contributed by atoms with Crippen LogP contribution in [0.4, 0.5) is 8.78 Å². The lowest BCUT2D eigenvalue weighted by Gasteiger charge is -2.27. The predicted octanol–water partition coefficient (Wildman–Crippen LogP) is 4.01. The summed E-state index contributed by atoms with van der Waals surface area (Å²) in [6.07, 6.45) is 5.72. The van der Waals surface area contributed by atoms with Gasteiger partial charge in [0.2, 0.25) is 5.91 Å². The van der Waals surface area contributed by atoms with E-state index >= 15 is 0 Å². The fourth-order valence-electron chi connectivity index (χ4n) is 3.09. The molecule has 0 saturated heterocycles. The van der Waals surface area contributed by atoms with E-state index in [1.54, 1.807) is 12.1 Å². The molecule has 3 nitrogen and oxygen atoms in total. The molecule has 1 aromatic carbocycles. The van der Waals surface area contributed by atoms with Crippen LogP contribution in [-0.2, 0) is 11.2 Å². The summed E-state index contributed by atoms with van der Waals surface area (Å²) in [6.45, 7) is -0.0332. The summed E-state index contributed by atoms with van der Waals surface area (Å²) in [7, 11) is 0. The van der Waals surface area contributed by atoms with Crippen molar-refractivity contribution in [2.45, 2.75) is 58.1 Å². The molecular weight excluding hydrogens is 288 g/mol. The van der Waals surface area contributed by atoms with Gasteiger partial charge in [-0.2, -0.15) is 8.78 Å². The molecule has 1 aliphatic rings. The number of aryl methyl sites for hydroxylation is 1. The van der Waals surface area contributed by atoms with Gasteiger partial charge in [0.05, 0.1) is 0 Å². The van der Waals surface area contributed by atoms with Crippen molar-refractivity contribution < 1.29 is 18.3 Å². The van der Waals surface area contributed by atoms with Gasteiger partial charge in [0, 0.05) is 19.0 Å². The molecule has 0 atom stereocenters. The van der Waals surface area contributed by atoms with E-state index in [1.807, 2.05) is 11.8 Å². The number of halogens is 2. The van der Waals surface area contributed by atoms with Crippen LogP contribution in [0.15, 0.2) is 24.3 Å². The molecule has 22 heavy (non-hydrogen) atoms. The van der Waals surface area contributed by atoms with E-state index in [0.29, 0.717) is 18.9 Å². The van der Waals surface area contributed by atoms with Crippen LogP contribution in [-0.4, -0.2) is 30.0 Å². The van der Waals surface area contributed by atoms with Gasteiger partial charge >= 0.3 is 6.61 Å². The number of carbonyl (C=O) groups is 1. The summed E-state index contributed by atoms with van der Waals surface area (Å²) < 4.78 is 28.5. The number of alkyl halides is 2. The highest BCUT2D eigenvalue weighted by molar-refractivity contribution is 5.76. The average Bonchev–Trinajstić information content (AvgIpc) is 3.01. The lowest BCUT2D eigenvalue weighted by Crippen LogP contribution is -2.38. The molecule has 2 rings (SSSR count). The fourth-order valence-corrected chi connectivity index (χ4v) is 3.09. The van der Waals surface area contributed by atoms with Gasteiger partial charge in [-0.3, -0.25) is 4.79 Å². The molecule has 1 fully saturated rings. The van der Waals surface area contributed by atoms with Crippen molar-refractivity contribution in [3.05, 3.63) is 29.8 Å². The van der Waals surface area contributed by atoms with Gasteiger partial charge in [-0.05, 0) is 43.9 Å². The third-order valence-electron chi connectivity index (χ3n) is 4.20. The first-order valence-corrected chi connectivity index (χ1v) is 7.93. The largest absolute Gasteiger partial charge is 0.435 e.